The number of carbonyl (C=O) groups excluding carboxylic acids is 2. The van der Waals surface area contributed by atoms with Crippen LogP contribution in [0.15, 0.2) is 24.3 Å². The zero-order valence-corrected chi connectivity index (χ0v) is 17.5. The lowest BCUT2D eigenvalue weighted by Gasteiger charge is -2.55. The van der Waals surface area contributed by atoms with Crippen molar-refractivity contribution < 1.29 is 9.59 Å². The Balaban J connectivity index is 1.25. The predicted molar refractivity (Wildman–Crippen MR) is 112 cm³/mol. The van der Waals surface area contributed by atoms with Crippen molar-refractivity contribution in [2.75, 3.05) is 11.9 Å². The molecule has 0 saturated heterocycles. The molecule has 0 radical (unpaired) electrons. The van der Waals surface area contributed by atoms with Gasteiger partial charge in [-0.1, -0.05) is 32.9 Å². The number of rotatable bonds is 5. The summed E-state index contributed by atoms with van der Waals surface area (Å²) in [6, 6.07) is 8.02. The van der Waals surface area contributed by atoms with Crippen LogP contribution in [0.1, 0.15) is 71.3 Å². The zero-order valence-electron chi connectivity index (χ0n) is 17.5. The van der Waals surface area contributed by atoms with Gasteiger partial charge in [-0.3, -0.25) is 9.59 Å². The molecule has 4 aliphatic carbocycles. The molecular formula is C24H34N2O2. The van der Waals surface area contributed by atoms with E-state index in [-0.39, 0.29) is 22.6 Å². The highest BCUT2D eigenvalue weighted by atomic mass is 16.2. The molecule has 4 fully saturated rings. The number of hydrogen-bond acceptors (Lipinski definition) is 2. The third-order valence-electron chi connectivity index (χ3n) is 7.19. The predicted octanol–water partition coefficient (Wildman–Crippen LogP) is 4.65. The minimum atomic E-state index is -0.131. The largest absolute Gasteiger partial charge is 0.355 e. The maximum Gasteiger partial charge on any atom is 0.226 e. The van der Waals surface area contributed by atoms with Crippen molar-refractivity contribution in [2.24, 2.45) is 23.2 Å². The summed E-state index contributed by atoms with van der Waals surface area (Å²) >= 11 is 0. The molecule has 0 aliphatic heterocycles. The molecule has 0 aromatic heterocycles. The summed E-state index contributed by atoms with van der Waals surface area (Å²) < 4.78 is 0. The molecular weight excluding hydrogens is 348 g/mol. The van der Waals surface area contributed by atoms with Crippen LogP contribution in [0, 0.1) is 23.2 Å². The zero-order chi connectivity index (χ0) is 19.9. The van der Waals surface area contributed by atoms with Crippen LogP contribution in [0.2, 0.25) is 0 Å². The molecule has 4 bridgehead atoms. The van der Waals surface area contributed by atoms with E-state index in [1.807, 2.05) is 12.1 Å². The average Bonchev–Trinajstić information content (AvgIpc) is 2.60. The third kappa shape index (κ3) is 3.97. The fourth-order valence-corrected chi connectivity index (χ4v) is 6.14. The lowest BCUT2D eigenvalue weighted by atomic mass is 9.49. The second-order valence-electron chi connectivity index (χ2n) is 10.6. The van der Waals surface area contributed by atoms with Gasteiger partial charge in [0.25, 0.3) is 0 Å². The molecule has 4 heteroatoms. The minimum Gasteiger partial charge on any atom is -0.355 e. The molecule has 0 atom stereocenters. The molecule has 2 N–H and O–H groups in total. The van der Waals surface area contributed by atoms with Crippen LogP contribution in [-0.4, -0.2) is 18.4 Å². The molecule has 1 aromatic carbocycles. The number of anilines is 1. The van der Waals surface area contributed by atoms with Gasteiger partial charge in [0.15, 0.2) is 0 Å². The molecule has 1 aromatic rings. The van der Waals surface area contributed by atoms with Crippen molar-refractivity contribution >= 4 is 17.5 Å². The number of benzene rings is 1. The van der Waals surface area contributed by atoms with Gasteiger partial charge in [-0.2, -0.15) is 0 Å². The van der Waals surface area contributed by atoms with E-state index in [1.54, 1.807) is 0 Å². The first-order chi connectivity index (χ1) is 13.2. The maximum absolute atomic E-state index is 12.9. The standard InChI is InChI=1S/C24H34N2O2/c1-23(2,3)19-4-6-20(7-5-19)26-21(27)8-9-25-22(28)24-13-16-10-17(14-24)12-18(11-16)15-24/h4-7,16-18H,8-15H2,1-3H3,(H,25,28)(H,26,27). The summed E-state index contributed by atoms with van der Waals surface area (Å²) in [6.07, 6.45) is 7.53. The van der Waals surface area contributed by atoms with Crippen molar-refractivity contribution in [1.29, 1.82) is 0 Å². The Morgan fingerprint density at radius 3 is 2.00 bits per heavy atom. The number of carbonyl (C=O) groups is 2. The van der Waals surface area contributed by atoms with E-state index in [1.165, 1.54) is 24.8 Å². The summed E-state index contributed by atoms with van der Waals surface area (Å²) in [6.45, 7) is 6.94. The van der Waals surface area contributed by atoms with Gasteiger partial charge in [0, 0.05) is 24.1 Å². The van der Waals surface area contributed by atoms with E-state index in [4.69, 9.17) is 0 Å². The van der Waals surface area contributed by atoms with Crippen LogP contribution in [0.25, 0.3) is 0 Å². The van der Waals surface area contributed by atoms with Crippen LogP contribution >= 0.6 is 0 Å². The van der Waals surface area contributed by atoms with E-state index >= 15 is 0 Å². The van der Waals surface area contributed by atoms with Gasteiger partial charge < -0.3 is 10.6 Å². The Labute approximate surface area is 168 Å². The van der Waals surface area contributed by atoms with Crippen molar-refractivity contribution in [3.05, 3.63) is 29.8 Å². The van der Waals surface area contributed by atoms with E-state index in [2.05, 4.69) is 43.5 Å². The monoisotopic (exact) mass is 382 g/mol. The van der Waals surface area contributed by atoms with Crippen LogP contribution in [0.5, 0.6) is 0 Å². The van der Waals surface area contributed by atoms with Gasteiger partial charge in [-0.15, -0.1) is 0 Å². The van der Waals surface area contributed by atoms with E-state index < -0.39 is 0 Å². The van der Waals surface area contributed by atoms with Gasteiger partial charge in [0.2, 0.25) is 11.8 Å². The highest BCUT2D eigenvalue weighted by Crippen LogP contribution is 2.60. The lowest BCUT2D eigenvalue weighted by molar-refractivity contribution is -0.146. The molecule has 152 valence electrons. The topological polar surface area (TPSA) is 58.2 Å². The number of hydrogen-bond donors (Lipinski definition) is 2. The molecule has 5 rings (SSSR count). The Morgan fingerprint density at radius 2 is 1.50 bits per heavy atom. The first-order valence-electron chi connectivity index (χ1n) is 10.9. The normalized spacial score (nSPS) is 30.9. The van der Waals surface area contributed by atoms with Crippen LogP contribution < -0.4 is 10.6 Å². The Morgan fingerprint density at radius 1 is 0.964 bits per heavy atom. The van der Waals surface area contributed by atoms with Gasteiger partial charge in [-0.25, -0.2) is 0 Å². The van der Waals surface area contributed by atoms with Gasteiger partial charge in [-0.05, 0) is 79.4 Å². The highest BCUT2D eigenvalue weighted by Gasteiger charge is 2.54. The van der Waals surface area contributed by atoms with Gasteiger partial charge in [0.1, 0.15) is 0 Å². The summed E-state index contributed by atoms with van der Waals surface area (Å²) in [5, 5.41) is 6.03. The number of nitrogens with one attached hydrogen (secondary N) is 2. The minimum absolute atomic E-state index is 0.0469. The van der Waals surface area contributed by atoms with Gasteiger partial charge >= 0.3 is 0 Å². The molecule has 4 saturated carbocycles. The summed E-state index contributed by atoms with van der Waals surface area (Å²) in [4.78, 5) is 25.2. The fourth-order valence-electron chi connectivity index (χ4n) is 6.14. The Hall–Kier alpha value is -1.84. The summed E-state index contributed by atoms with van der Waals surface area (Å²) in [5.74, 6) is 2.44. The second-order valence-corrected chi connectivity index (χ2v) is 10.6. The van der Waals surface area contributed by atoms with E-state index in [0.717, 1.165) is 42.7 Å². The summed E-state index contributed by atoms with van der Waals surface area (Å²) in [7, 11) is 0. The Kier molecular flexibility index (Phi) is 5.01. The fraction of sp³-hybridized carbons (Fsp3) is 0.667. The highest BCUT2D eigenvalue weighted by molar-refractivity contribution is 5.91. The number of amides is 2. The van der Waals surface area contributed by atoms with E-state index in [0.29, 0.717) is 13.0 Å². The first kappa shape index (κ1) is 19.5. The average molecular weight is 383 g/mol. The smallest absolute Gasteiger partial charge is 0.226 e. The summed E-state index contributed by atoms with van der Waals surface area (Å²) in [5.41, 5.74) is 2.02. The SMILES string of the molecule is CC(C)(C)c1ccc(NC(=O)CCNC(=O)C23CC4CC(CC(C4)C2)C3)cc1. The van der Waals surface area contributed by atoms with Crippen molar-refractivity contribution in [1.82, 2.24) is 5.32 Å². The van der Waals surface area contributed by atoms with Crippen LogP contribution in [0.3, 0.4) is 0 Å². The molecule has 0 spiro atoms. The molecule has 0 unspecified atom stereocenters. The quantitative estimate of drug-likeness (QED) is 0.779. The van der Waals surface area contributed by atoms with Crippen LogP contribution in [-0.2, 0) is 15.0 Å². The third-order valence-corrected chi connectivity index (χ3v) is 7.19. The molecule has 2 amide bonds. The Bertz CT molecular complexity index is 710. The van der Waals surface area contributed by atoms with Crippen molar-refractivity contribution in [3.63, 3.8) is 0 Å². The molecule has 4 aliphatic rings. The molecule has 4 nitrogen and oxygen atoms in total. The van der Waals surface area contributed by atoms with E-state index in [9.17, 15) is 9.59 Å². The maximum atomic E-state index is 12.9. The van der Waals surface area contributed by atoms with Crippen molar-refractivity contribution in [3.8, 4) is 0 Å². The molecule has 28 heavy (non-hydrogen) atoms. The second kappa shape index (κ2) is 7.20. The lowest BCUT2D eigenvalue weighted by Crippen LogP contribution is -2.53. The van der Waals surface area contributed by atoms with Crippen LogP contribution in [0.4, 0.5) is 5.69 Å². The van der Waals surface area contributed by atoms with Gasteiger partial charge in [0.05, 0.1) is 0 Å². The molecule has 0 heterocycles. The first-order valence-corrected chi connectivity index (χ1v) is 10.9. The van der Waals surface area contributed by atoms with Crippen molar-refractivity contribution in [2.45, 2.75) is 71.1 Å².